The lowest BCUT2D eigenvalue weighted by atomic mass is 10.1. The normalized spacial score (nSPS) is 10.7. The number of hydrogen-bond acceptors (Lipinski definition) is 4. The molecule has 1 N–H and O–H groups in total. The molecule has 0 fully saturated rings. The molecule has 2 aromatic rings. The Hall–Kier alpha value is -2.33. The van der Waals surface area contributed by atoms with Crippen LogP contribution < -0.4 is 4.74 Å². The van der Waals surface area contributed by atoms with Gasteiger partial charge in [0.1, 0.15) is 18.6 Å². The van der Waals surface area contributed by atoms with E-state index in [1.165, 1.54) is 0 Å². The van der Waals surface area contributed by atoms with Crippen molar-refractivity contribution in [1.29, 1.82) is 0 Å². The summed E-state index contributed by atoms with van der Waals surface area (Å²) in [4.78, 5) is 11.7. The van der Waals surface area contributed by atoms with Crippen molar-refractivity contribution >= 4 is 23.6 Å². The van der Waals surface area contributed by atoms with E-state index in [9.17, 15) is 4.79 Å². The summed E-state index contributed by atoms with van der Waals surface area (Å²) >= 11 is 6.04. The van der Waals surface area contributed by atoms with Crippen molar-refractivity contribution in [2.75, 3.05) is 0 Å². The number of ketones is 1. The minimum Gasteiger partial charge on any atom is -0.488 e. The summed E-state index contributed by atoms with van der Waals surface area (Å²) in [7, 11) is 0. The lowest BCUT2D eigenvalue weighted by molar-refractivity contribution is 0.106. The molecular formula is C15H12ClNO3. The van der Waals surface area contributed by atoms with E-state index < -0.39 is 5.78 Å². The highest BCUT2D eigenvalue weighted by Crippen LogP contribution is 2.22. The fourth-order valence-corrected chi connectivity index (χ4v) is 1.88. The van der Waals surface area contributed by atoms with Crippen molar-refractivity contribution in [3.05, 3.63) is 64.7 Å². The molecule has 0 radical (unpaired) electrons. The molecule has 0 heterocycles. The van der Waals surface area contributed by atoms with Crippen molar-refractivity contribution in [3.63, 3.8) is 0 Å². The van der Waals surface area contributed by atoms with Crippen molar-refractivity contribution in [2.24, 2.45) is 5.16 Å². The Balaban J connectivity index is 2.18. The van der Waals surface area contributed by atoms with Crippen LogP contribution >= 0.6 is 11.6 Å². The van der Waals surface area contributed by atoms with Gasteiger partial charge in [0.15, 0.2) is 0 Å². The van der Waals surface area contributed by atoms with Crippen LogP contribution in [0.3, 0.4) is 0 Å². The number of Topliss-reactive ketones (excluding diaryl/α,β-unsaturated/α-hetero) is 1. The lowest BCUT2D eigenvalue weighted by Crippen LogP contribution is -2.05. The van der Waals surface area contributed by atoms with Gasteiger partial charge in [-0.3, -0.25) is 4.79 Å². The molecule has 0 aliphatic heterocycles. The van der Waals surface area contributed by atoms with Crippen LogP contribution in [-0.4, -0.2) is 17.2 Å². The Labute approximate surface area is 121 Å². The highest BCUT2D eigenvalue weighted by Gasteiger charge is 2.10. The molecule has 0 aliphatic rings. The summed E-state index contributed by atoms with van der Waals surface area (Å²) in [6.45, 7) is 0.250. The van der Waals surface area contributed by atoms with Gasteiger partial charge in [0.05, 0.1) is 5.56 Å². The quantitative estimate of drug-likeness (QED) is 0.396. The Bertz CT molecular complexity index is 641. The van der Waals surface area contributed by atoms with Crippen LogP contribution in [0, 0.1) is 0 Å². The molecule has 0 saturated heterocycles. The van der Waals surface area contributed by atoms with Gasteiger partial charge in [-0.05, 0) is 18.2 Å². The standard InChI is InChI=1S/C15H12ClNO3/c16-13-7-3-1-5-11(13)10-20-15-8-4-2-6-12(15)14(18)9-17-19/h1-9,19H,10H2/b17-9-. The summed E-state index contributed by atoms with van der Waals surface area (Å²) in [6.07, 6.45) is 0.831. The van der Waals surface area contributed by atoms with Gasteiger partial charge in [0.25, 0.3) is 0 Å². The van der Waals surface area contributed by atoms with Crippen LogP contribution in [0.2, 0.25) is 5.02 Å². The smallest absolute Gasteiger partial charge is 0.211 e. The third-order valence-corrected chi connectivity index (χ3v) is 3.04. The molecule has 2 rings (SSSR count). The van der Waals surface area contributed by atoms with Gasteiger partial charge < -0.3 is 9.94 Å². The third kappa shape index (κ3) is 3.36. The zero-order valence-electron chi connectivity index (χ0n) is 10.5. The number of carbonyl (C=O) groups is 1. The van der Waals surface area contributed by atoms with Crippen molar-refractivity contribution in [3.8, 4) is 5.75 Å². The van der Waals surface area contributed by atoms with Crippen LogP contribution in [0.4, 0.5) is 0 Å². The molecule has 20 heavy (non-hydrogen) atoms. The van der Waals surface area contributed by atoms with Crippen molar-refractivity contribution in [2.45, 2.75) is 6.61 Å². The lowest BCUT2D eigenvalue weighted by Gasteiger charge is -2.10. The number of benzene rings is 2. The first kappa shape index (κ1) is 14.1. The SMILES string of the molecule is O=C(/C=N\O)c1ccccc1OCc1ccccc1Cl. The van der Waals surface area contributed by atoms with Gasteiger partial charge in [-0.2, -0.15) is 0 Å². The van der Waals surface area contributed by atoms with Crippen molar-refractivity contribution < 1.29 is 14.7 Å². The predicted molar refractivity (Wildman–Crippen MR) is 76.8 cm³/mol. The van der Waals surface area contributed by atoms with Crippen molar-refractivity contribution in [1.82, 2.24) is 0 Å². The molecule has 0 atom stereocenters. The molecule has 0 amide bonds. The van der Waals surface area contributed by atoms with Gasteiger partial charge in [-0.15, -0.1) is 0 Å². The number of para-hydroxylation sites is 1. The van der Waals surface area contributed by atoms with Crippen LogP contribution in [0.5, 0.6) is 5.75 Å². The number of halogens is 1. The maximum Gasteiger partial charge on any atom is 0.211 e. The number of hydrogen-bond donors (Lipinski definition) is 1. The van der Waals surface area contributed by atoms with Crippen LogP contribution in [0.25, 0.3) is 0 Å². The summed E-state index contributed by atoms with van der Waals surface area (Å²) in [5.41, 5.74) is 1.16. The molecule has 102 valence electrons. The average molecular weight is 290 g/mol. The number of oxime groups is 1. The second kappa shape index (κ2) is 6.73. The molecule has 0 aromatic heterocycles. The zero-order chi connectivity index (χ0) is 14.4. The maximum atomic E-state index is 11.7. The fourth-order valence-electron chi connectivity index (χ4n) is 1.69. The largest absolute Gasteiger partial charge is 0.488 e. The van der Waals surface area contributed by atoms with Gasteiger partial charge >= 0.3 is 0 Å². The molecule has 0 bridgehead atoms. The predicted octanol–water partition coefficient (Wildman–Crippen LogP) is 3.56. The van der Waals surface area contributed by atoms with Gasteiger partial charge in [-0.25, -0.2) is 0 Å². The topological polar surface area (TPSA) is 58.9 Å². The highest BCUT2D eigenvalue weighted by atomic mass is 35.5. The van der Waals surface area contributed by atoms with E-state index in [-0.39, 0.29) is 6.61 Å². The van der Waals surface area contributed by atoms with Crippen LogP contribution in [0.1, 0.15) is 15.9 Å². The second-order valence-electron chi connectivity index (χ2n) is 3.99. The molecular weight excluding hydrogens is 278 g/mol. The fraction of sp³-hybridized carbons (Fsp3) is 0.0667. The highest BCUT2D eigenvalue weighted by molar-refractivity contribution is 6.36. The van der Waals surface area contributed by atoms with E-state index in [1.54, 1.807) is 30.3 Å². The molecule has 0 spiro atoms. The van der Waals surface area contributed by atoms with E-state index in [0.29, 0.717) is 16.3 Å². The Kier molecular flexibility index (Phi) is 4.74. The zero-order valence-corrected chi connectivity index (χ0v) is 11.2. The van der Waals surface area contributed by atoms with E-state index in [4.69, 9.17) is 21.5 Å². The van der Waals surface area contributed by atoms with E-state index >= 15 is 0 Å². The van der Waals surface area contributed by atoms with Gasteiger partial charge in [-0.1, -0.05) is 47.1 Å². The Morgan fingerprint density at radius 1 is 1.20 bits per heavy atom. The maximum absolute atomic E-state index is 11.7. The molecule has 4 nitrogen and oxygen atoms in total. The number of rotatable bonds is 5. The molecule has 0 unspecified atom stereocenters. The Morgan fingerprint density at radius 3 is 2.65 bits per heavy atom. The average Bonchev–Trinajstić information content (AvgIpc) is 2.47. The molecule has 0 aliphatic carbocycles. The minimum atomic E-state index is -0.428. The van der Waals surface area contributed by atoms with Crippen LogP contribution in [0.15, 0.2) is 53.7 Å². The second-order valence-corrected chi connectivity index (χ2v) is 4.39. The third-order valence-electron chi connectivity index (χ3n) is 2.67. The molecule has 0 saturated carbocycles. The monoisotopic (exact) mass is 289 g/mol. The number of ether oxygens (including phenoxy) is 1. The first-order valence-corrected chi connectivity index (χ1v) is 6.27. The summed E-state index contributed by atoms with van der Waals surface area (Å²) in [5, 5.41) is 11.8. The summed E-state index contributed by atoms with van der Waals surface area (Å²) < 4.78 is 5.62. The summed E-state index contributed by atoms with van der Waals surface area (Å²) in [5.74, 6) is -0.0143. The van der Waals surface area contributed by atoms with E-state index in [2.05, 4.69) is 5.16 Å². The van der Waals surface area contributed by atoms with E-state index in [1.807, 2.05) is 18.2 Å². The first-order chi connectivity index (χ1) is 9.72. The van der Waals surface area contributed by atoms with Gasteiger partial charge in [0.2, 0.25) is 5.78 Å². The first-order valence-electron chi connectivity index (χ1n) is 5.89. The van der Waals surface area contributed by atoms with Crippen LogP contribution in [-0.2, 0) is 6.61 Å². The Morgan fingerprint density at radius 2 is 1.90 bits per heavy atom. The molecule has 5 heteroatoms. The number of carbonyl (C=O) groups excluding carboxylic acids is 1. The van der Waals surface area contributed by atoms with E-state index in [0.717, 1.165) is 11.8 Å². The van der Waals surface area contributed by atoms with Gasteiger partial charge in [0, 0.05) is 10.6 Å². The summed E-state index contributed by atoms with van der Waals surface area (Å²) in [6, 6.07) is 14.1. The molecule has 2 aromatic carbocycles. The minimum absolute atomic E-state index is 0.250. The number of nitrogens with zero attached hydrogens (tertiary/aromatic N) is 1.